The predicted molar refractivity (Wildman–Crippen MR) is 80.7 cm³/mol. The molecule has 0 saturated heterocycles. The van der Waals surface area contributed by atoms with Crippen molar-refractivity contribution in [1.82, 2.24) is 14.9 Å². The lowest BCUT2D eigenvalue weighted by molar-refractivity contribution is -0.304. The number of hydrogen-bond acceptors (Lipinski definition) is 5. The van der Waals surface area contributed by atoms with Crippen molar-refractivity contribution in [2.75, 3.05) is 6.54 Å². The fourth-order valence-corrected chi connectivity index (χ4v) is 2.41. The largest absolute Gasteiger partial charge is 0.548 e. The van der Waals surface area contributed by atoms with Crippen molar-refractivity contribution in [2.24, 2.45) is 5.92 Å². The Morgan fingerprint density at radius 3 is 2.52 bits per heavy atom. The number of carboxylic acids is 1. The van der Waals surface area contributed by atoms with Crippen molar-refractivity contribution in [3.8, 4) is 0 Å². The first-order valence-corrected chi connectivity index (χ1v) is 7.04. The number of aromatic amines is 1. The third-order valence-electron chi connectivity index (χ3n) is 3.42. The van der Waals surface area contributed by atoms with E-state index in [0.717, 1.165) is 4.57 Å². The molecule has 2 rings (SSSR count). The van der Waals surface area contributed by atoms with E-state index in [1.165, 1.54) is 0 Å². The maximum Gasteiger partial charge on any atom is 0.329 e. The van der Waals surface area contributed by atoms with Crippen LogP contribution in [0.5, 0.6) is 0 Å². The van der Waals surface area contributed by atoms with Gasteiger partial charge in [0.1, 0.15) is 6.04 Å². The van der Waals surface area contributed by atoms with E-state index in [9.17, 15) is 24.3 Å². The van der Waals surface area contributed by atoms with Crippen LogP contribution in [-0.4, -0.2) is 28.0 Å². The number of amides is 1. The van der Waals surface area contributed by atoms with Crippen LogP contribution in [0.1, 0.15) is 19.9 Å². The van der Waals surface area contributed by atoms with Crippen LogP contribution >= 0.6 is 0 Å². The summed E-state index contributed by atoms with van der Waals surface area (Å²) in [4.78, 5) is 50.1. The molecule has 0 bridgehead atoms. The van der Waals surface area contributed by atoms with E-state index >= 15 is 0 Å². The van der Waals surface area contributed by atoms with E-state index in [2.05, 4.69) is 10.3 Å². The number of carbonyl (C=O) groups is 2. The van der Waals surface area contributed by atoms with Gasteiger partial charge in [0.25, 0.3) is 5.56 Å². The van der Waals surface area contributed by atoms with E-state index < -0.39 is 41.6 Å². The smallest absolute Gasteiger partial charge is 0.329 e. The molecule has 0 radical (unpaired) electrons. The summed E-state index contributed by atoms with van der Waals surface area (Å²) in [5.74, 6) is -2.59. The number of hydrogen-bond donors (Lipinski definition) is 2. The minimum Gasteiger partial charge on any atom is -0.548 e. The Kier molecular flexibility index (Phi) is 4.63. The second-order valence-corrected chi connectivity index (χ2v) is 5.43. The van der Waals surface area contributed by atoms with E-state index in [0.29, 0.717) is 5.52 Å². The number of para-hydroxylation sites is 1. The number of nitrogens with one attached hydrogen (secondary N) is 2. The van der Waals surface area contributed by atoms with Gasteiger partial charge in [0, 0.05) is 0 Å². The maximum atomic E-state index is 12.6. The molecular formula is C15H16N3O5-. The Balaban J connectivity index is 2.58. The van der Waals surface area contributed by atoms with E-state index in [-0.39, 0.29) is 5.39 Å². The molecule has 1 amide bonds. The number of carboxylic acid groups (broad SMARTS) is 1. The number of aliphatic carboxylic acids is 1. The molecule has 122 valence electrons. The second-order valence-electron chi connectivity index (χ2n) is 5.43. The van der Waals surface area contributed by atoms with Crippen LogP contribution in [-0.2, 0) is 9.59 Å². The number of aromatic nitrogens is 2. The highest BCUT2D eigenvalue weighted by atomic mass is 16.4. The van der Waals surface area contributed by atoms with E-state index in [4.69, 9.17) is 0 Å². The van der Waals surface area contributed by atoms with Gasteiger partial charge in [0.15, 0.2) is 0 Å². The fraction of sp³-hybridized carbons (Fsp3) is 0.333. The van der Waals surface area contributed by atoms with Crippen molar-refractivity contribution in [3.05, 3.63) is 45.1 Å². The molecule has 0 saturated carbocycles. The number of rotatable bonds is 5. The van der Waals surface area contributed by atoms with Crippen LogP contribution in [0, 0.1) is 5.92 Å². The lowest BCUT2D eigenvalue weighted by Crippen LogP contribution is -2.48. The maximum absolute atomic E-state index is 12.6. The average Bonchev–Trinajstić information content (AvgIpc) is 2.48. The Morgan fingerprint density at radius 1 is 1.26 bits per heavy atom. The molecule has 1 atom stereocenters. The van der Waals surface area contributed by atoms with Gasteiger partial charge >= 0.3 is 5.69 Å². The Labute approximate surface area is 130 Å². The Morgan fingerprint density at radius 2 is 1.91 bits per heavy atom. The highest BCUT2D eigenvalue weighted by Crippen LogP contribution is 2.15. The molecule has 23 heavy (non-hydrogen) atoms. The Bertz CT molecular complexity index is 865. The number of H-pyrrole nitrogens is 1. The van der Waals surface area contributed by atoms with Crippen LogP contribution in [0.4, 0.5) is 0 Å². The summed E-state index contributed by atoms with van der Waals surface area (Å²) >= 11 is 0. The second kappa shape index (κ2) is 6.47. The molecule has 2 N–H and O–H groups in total. The Hall–Kier alpha value is -2.90. The molecule has 0 spiro atoms. The van der Waals surface area contributed by atoms with E-state index in [1.807, 2.05) is 0 Å². The summed E-state index contributed by atoms with van der Waals surface area (Å²) < 4.78 is 0.817. The van der Waals surface area contributed by atoms with E-state index in [1.54, 1.807) is 38.1 Å². The zero-order valence-electron chi connectivity index (χ0n) is 12.7. The molecular weight excluding hydrogens is 302 g/mol. The third-order valence-corrected chi connectivity index (χ3v) is 3.42. The molecule has 0 aliphatic carbocycles. The van der Waals surface area contributed by atoms with Gasteiger partial charge < -0.3 is 20.2 Å². The van der Waals surface area contributed by atoms with Gasteiger partial charge in [-0.05, 0) is 18.1 Å². The summed E-state index contributed by atoms with van der Waals surface area (Å²) in [5, 5.41) is 12.9. The van der Waals surface area contributed by atoms with Gasteiger partial charge in [-0.3, -0.25) is 9.59 Å². The van der Waals surface area contributed by atoms with Gasteiger partial charge in [0.2, 0.25) is 5.91 Å². The van der Waals surface area contributed by atoms with Crippen molar-refractivity contribution in [1.29, 1.82) is 0 Å². The average molecular weight is 318 g/mol. The number of carbonyl (C=O) groups excluding carboxylic acids is 2. The zero-order chi connectivity index (χ0) is 17.1. The van der Waals surface area contributed by atoms with Crippen LogP contribution in [0.3, 0.4) is 0 Å². The molecule has 0 unspecified atom stereocenters. The van der Waals surface area contributed by atoms with Crippen molar-refractivity contribution in [2.45, 2.75) is 19.9 Å². The SMILES string of the molecule is CC(C)[C@@H](C(=O)NCC(=O)[O-])n1c(=O)[nH]c2ccccc2c1=O. The normalized spacial score (nSPS) is 12.3. The molecule has 8 nitrogen and oxygen atoms in total. The van der Waals surface area contributed by atoms with Gasteiger partial charge in [-0.2, -0.15) is 0 Å². The highest BCUT2D eigenvalue weighted by molar-refractivity contribution is 5.84. The standard InChI is InChI=1S/C15H17N3O5/c1-8(2)12(13(21)16-7-11(19)20)18-14(22)9-5-3-4-6-10(9)17-15(18)23/h3-6,8,12H,7H2,1-2H3,(H,16,21)(H,17,23)(H,19,20)/p-1/t12-/m0/s1. The van der Waals surface area contributed by atoms with Gasteiger partial charge in [-0.25, -0.2) is 9.36 Å². The summed E-state index contributed by atoms with van der Waals surface area (Å²) in [7, 11) is 0. The number of nitrogens with zero attached hydrogens (tertiary/aromatic N) is 1. The quantitative estimate of drug-likeness (QED) is 0.713. The summed E-state index contributed by atoms with van der Waals surface area (Å²) in [6.07, 6.45) is 0. The molecule has 0 aliphatic rings. The zero-order valence-corrected chi connectivity index (χ0v) is 12.7. The first-order chi connectivity index (χ1) is 10.8. The minimum atomic E-state index is -1.46. The summed E-state index contributed by atoms with van der Waals surface area (Å²) in [5.41, 5.74) is -0.959. The summed E-state index contributed by atoms with van der Waals surface area (Å²) in [6.45, 7) is 2.62. The molecule has 0 fully saturated rings. The molecule has 8 heteroatoms. The molecule has 1 aromatic carbocycles. The predicted octanol–water partition coefficient (Wildman–Crippen LogP) is -1.25. The van der Waals surface area contributed by atoms with Gasteiger partial charge in [-0.1, -0.05) is 26.0 Å². The summed E-state index contributed by atoms with van der Waals surface area (Å²) in [6, 6.07) is 5.32. The number of fused-ring (bicyclic) bond motifs is 1. The topological polar surface area (TPSA) is 124 Å². The first-order valence-electron chi connectivity index (χ1n) is 7.04. The van der Waals surface area contributed by atoms with Gasteiger partial charge in [-0.15, -0.1) is 0 Å². The molecule has 0 aliphatic heterocycles. The highest BCUT2D eigenvalue weighted by Gasteiger charge is 2.27. The monoisotopic (exact) mass is 318 g/mol. The van der Waals surface area contributed by atoms with Crippen molar-refractivity contribution in [3.63, 3.8) is 0 Å². The van der Waals surface area contributed by atoms with Crippen molar-refractivity contribution < 1.29 is 14.7 Å². The first kappa shape index (κ1) is 16.5. The van der Waals surface area contributed by atoms with Gasteiger partial charge in [0.05, 0.1) is 23.4 Å². The molecule has 1 heterocycles. The minimum absolute atomic E-state index is 0.269. The van der Waals surface area contributed by atoms with Crippen LogP contribution in [0.25, 0.3) is 10.9 Å². The van der Waals surface area contributed by atoms with Crippen LogP contribution < -0.4 is 21.7 Å². The van der Waals surface area contributed by atoms with Crippen LogP contribution in [0.15, 0.2) is 33.9 Å². The van der Waals surface area contributed by atoms with Crippen molar-refractivity contribution >= 4 is 22.8 Å². The number of benzene rings is 1. The van der Waals surface area contributed by atoms with Crippen LogP contribution in [0.2, 0.25) is 0 Å². The molecule has 2 aromatic rings. The lowest BCUT2D eigenvalue weighted by Gasteiger charge is -2.22. The lowest BCUT2D eigenvalue weighted by atomic mass is 10.0. The third kappa shape index (κ3) is 3.31. The molecule has 1 aromatic heterocycles. The fourth-order valence-electron chi connectivity index (χ4n) is 2.41.